The molecule has 1 unspecified atom stereocenters. The Balaban J connectivity index is 2.34. The van der Waals surface area contributed by atoms with Crippen molar-refractivity contribution in [2.75, 3.05) is 0 Å². The zero-order valence-corrected chi connectivity index (χ0v) is 7.89. The first-order valence-corrected chi connectivity index (χ1v) is 4.55. The van der Waals surface area contributed by atoms with Gasteiger partial charge in [-0.05, 0) is 24.5 Å². The lowest BCUT2D eigenvalue weighted by atomic mass is 10.0. The molecular formula is C10H14N2O2. The number of hydrogen-bond donors (Lipinski definition) is 2. The summed E-state index contributed by atoms with van der Waals surface area (Å²) in [6.45, 7) is 0. The molecule has 0 aromatic carbocycles. The van der Waals surface area contributed by atoms with Crippen LogP contribution < -0.4 is 5.73 Å². The van der Waals surface area contributed by atoms with Crippen LogP contribution in [0.2, 0.25) is 0 Å². The molecule has 76 valence electrons. The number of nitrogens with zero attached hydrogens (tertiary/aromatic N) is 1. The highest BCUT2D eigenvalue weighted by Gasteiger charge is 2.06. The summed E-state index contributed by atoms with van der Waals surface area (Å²) in [6.07, 6.45) is 4.76. The third-order valence-corrected chi connectivity index (χ3v) is 1.95. The molecular weight excluding hydrogens is 180 g/mol. The van der Waals surface area contributed by atoms with Gasteiger partial charge < -0.3 is 10.8 Å². The molecule has 1 aromatic rings. The van der Waals surface area contributed by atoms with Gasteiger partial charge in [0.05, 0.1) is 0 Å². The molecule has 1 rings (SSSR count). The average Bonchev–Trinajstić information content (AvgIpc) is 2.16. The summed E-state index contributed by atoms with van der Waals surface area (Å²) >= 11 is 0. The van der Waals surface area contributed by atoms with E-state index in [9.17, 15) is 4.79 Å². The molecule has 0 fully saturated rings. The van der Waals surface area contributed by atoms with Crippen molar-refractivity contribution in [3.05, 3.63) is 30.1 Å². The van der Waals surface area contributed by atoms with Gasteiger partial charge in [0, 0.05) is 24.9 Å². The normalized spacial score (nSPS) is 12.4. The number of hydrogen-bond acceptors (Lipinski definition) is 3. The van der Waals surface area contributed by atoms with E-state index in [1.807, 2.05) is 12.1 Å². The maximum absolute atomic E-state index is 10.3. The van der Waals surface area contributed by atoms with Crippen LogP contribution >= 0.6 is 0 Å². The van der Waals surface area contributed by atoms with Gasteiger partial charge in [-0.3, -0.25) is 9.78 Å². The van der Waals surface area contributed by atoms with E-state index in [4.69, 9.17) is 10.8 Å². The maximum atomic E-state index is 10.3. The van der Waals surface area contributed by atoms with E-state index >= 15 is 0 Å². The van der Waals surface area contributed by atoms with Crippen LogP contribution in [-0.4, -0.2) is 22.1 Å². The summed E-state index contributed by atoms with van der Waals surface area (Å²) in [5.41, 5.74) is 6.81. The predicted octanol–water partition coefficient (Wildman–Crippen LogP) is 0.816. The van der Waals surface area contributed by atoms with E-state index in [-0.39, 0.29) is 12.5 Å². The summed E-state index contributed by atoms with van der Waals surface area (Å²) in [6, 6.07) is 3.68. The van der Waals surface area contributed by atoms with Crippen LogP contribution in [0.15, 0.2) is 24.5 Å². The lowest BCUT2D eigenvalue weighted by molar-refractivity contribution is -0.137. The minimum atomic E-state index is -0.799. The Hall–Kier alpha value is -1.42. The molecule has 4 nitrogen and oxygen atoms in total. The Morgan fingerprint density at radius 3 is 3.00 bits per heavy atom. The van der Waals surface area contributed by atoms with Gasteiger partial charge in [-0.2, -0.15) is 0 Å². The molecule has 3 N–H and O–H groups in total. The molecule has 0 bridgehead atoms. The molecule has 4 heteroatoms. The van der Waals surface area contributed by atoms with Crippen LogP contribution in [0.4, 0.5) is 0 Å². The van der Waals surface area contributed by atoms with E-state index in [1.165, 1.54) is 0 Å². The first kappa shape index (κ1) is 10.7. The van der Waals surface area contributed by atoms with Crippen LogP contribution in [0, 0.1) is 0 Å². The van der Waals surface area contributed by atoms with Crippen molar-refractivity contribution in [2.24, 2.45) is 5.73 Å². The number of pyridine rings is 1. The standard InChI is InChI=1S/C10H14N2O2/c11-9(3-4-10(13)14)6-8-2-1-5-12-7-8/h1-2,5,7,9H,3-4,6,11H2,(H,13,14). The van der Waals surface area contributed by atoms with Crippen LogP contribution in [0.5, 0.6) is 0 Å². The molecule has 1 heterocycles. The van der Waals surface area contributed by atoms with Crippen LogP contribution in [-0.2, 0) is 11.2 Å². The Kier molecular flexibility index (Phi) is 4.07. The fraction of sp³-hybridized carbons (Fsp3) is 0.400. The quantitative estimate of drug-likeness (QED) is 0.727. The lowest BCUT2D eigenvalue weighted by Crippen LogP contribution is -2.23. The van der Waals surface area contributed by atoms with Gasteiger partial charge in [-0.25, -0.2) is 0 Å². The number of carboxylic acids is 1. The zero-order valence-electron chi connectivity index (χ0n) is 7.89. The van der Waals surface area contributed by atoms with Crippen LogP contribution in [0.25, 0.3) is 0 Å². The summed E-state index contributed by atoms with van der Waals surface area (Å²) < 4.78 is 0. The van der Waals surface area contributed by atoms with Crippen molar-refractivity contribution in [1.29, 1.82) is 0 Å². The molecule has 0 aliphatic heterocycles. The van der Waals surface area contributed by atoms with E-state index in [0.717, 1.165) is 5.56 Å². The van der Waals surface area contributed by atoms with E-state index in [2.05, 4.69) is 4.98 Å². The fourth-order valence-corrected chi connectivity index (χ4v) is 1.23. The Bertz CT molecular complexity index is 287. The molecule has 0 radical (unpaired) electrons. The number of aromatic nitrogens is 1. The third-order valence-electron chi connectivity index (χ3n) is 1.95. The monoisotopic (exact) mass is 194 g/mol. The first-order chi connectivity index (χ1) is 6.68. The van der Waals surface area contributed by atoms with Crippen molar-refractivity contribution >= 4 is 5.97 Å². The van der Waals surface area contributed by atoms with Gasteiger partial charge in [-0.15, -0.1) is 0 Å². The second-order valence-electron chi connectivity index (χ2n) is 3.26. The van der Waals surface area contributed by atoms with E-state index < -0.39 is 5.97 Å². The summed E-state index contributed by atoms with van der Waals surface area (Å²) in [5, 5.41) is 8.46. The van der Waals surface area contributed by atoms with Crippen molar-refractivity contribution in [2.45, 2.75) is 25.3 Å². The van der Waals surface area contributed by atoms with Gasteiger partial charge >= 0.3 is 5.97 Å². The van der Waals surface area contributed by atoms with Gasteiger partial charge in [0.2, 0.25) is 0 Å². The molecule has 0 aliphatic rings. The second-order valence-corrected chi connectivity index (χ2v) is 3.26. The van der Waals surface area contributed by atoms with Crippen molar-refractivity contribution < 1.29 is 9.90 Å². The van der Waals surface area contributed by atoms with Gasteiger partial charge in [0.25, 0.3) is 0 Å². The molecule has 1 aromatic heterocycles. The summed E-state index contributed by atoms with van der Waals surface area (Å²) in [5.74, 6) is -0.799. The minimum Gasteiger partial charge on any atom is -0.481 e. The molecule has 0 saturated heterocycles. The van der Waals surface area contributed by atoms with E-state index in [1.54, 1.807) is 12.4 Å². The highest BCUT2D eigenvalue weighted by Crippen LogP contribution is 2.04. The van der Waals surface area contributed by atoms with E-state index in [0.29, 0.717) is 12.8 Å². The lowest BCUT2D eigenvalue weighted by Gasteiger charge is -2.09. The Labute approximate surface area is 82.8 Å². The SMILES string of the molecule is NC(CCC(=O)O)Cc1cccnc1. The molecule has 14 heavy (non-hydrogen) atoms. The number of nitrogens with two attached hydrogens (primary N) is 1. The maximum Gasteiger partial charge on any atom is 0.303 e. The molecule has 0 spiro atoms. The highest BCUT2D eigenvalue weighted by molar-refractivity contribution is 5.66. The molecule has 0 saturated carbocycles. The zero-order chi connectivity index (χ0) is 10.4. The Morgan fingerprint density at radius 2 is 2.43 bits per heavy atom. The predicted molar refractivity (Wildman–Crippen MR) is 52.8 cm³/mol. The number of carbonyl (C=O) groups is 1. The van der Waals surface area contributed by atoms with Crippen LogP contribution in [0.3, 0.4) is 0 Å². The van der Waals surface area contributed by atoms with Crippen molar-refractivity contribution in [3.63, 3.8) is 0 Å². The summed E-state index contributed by atoms with van der Waals surface area (Å²) in [4.78, 5) is 14.2. The highest BCUT2D eigenvalue weighted by atomic mass is 16.4. The van der Waals surface area contributed by atoms with Crippen molar-refractivity contribution in [1.82, 2.24) is 4.98 Å². The average molecular weight is 194 g/mol. The number of carboxylic acid groups (broad SMARTS) is 1. The number of aliphatic carboxylic acids is 1. The Morgan fingerprint density at radius 1 is 1.64 bits per heavy atom. The molecule has 1 atom stereocenters. The second kappa shape index (κ2) is 5.34. The van der Waals surface area contributed by atoms with Crippen LogP contribution in [0.1, 0.15) is 18.4 Å². The minimum absolute atomic E-state index is 0.102. The van der Waals surface area contributed by atoms with Gasteiger partial charge in [0.1, 0.15) is 0 Å². The first-order valence-electron chi connectivity index (χ1n) is 4.55. The third kappa shape index (κ3) is 4.00. The molecule has 0 aliphatic carbocycles. The van der Waals surface area contributed by atoms with Gasteiger partial charge in [0.15, 0.2) is 0 Å². The largest absolute Gasteiger partial charge is 0.481 e. The summed E-state index contributed by atoms with van der Waals surface area (Å²) in [7, 11) is 0. The number of rotatable bonds is 5. The fourth-order valence-electron chi connectivity index (χ4n) is 1.23. The van der Waals surface area contributed by atoms with Crippen molar-refractivity contribution in [3.8, 4) is 0 Å². The molecule has 0 amide bonds. The topological polar surface area (TPSA) is 76.2 Å². The van der Waals surface area contributed by atoms with Gasteiger partial charge in [-0.1, -0.05) is 6.07 Å². The smallest absolute Gasteiger partial charge is 0.303 e.